The normalized spacial score (nSPS) is 16.1. The first-order valence-electron chi connectivity index (χ1n) is 8.15. The zero-order chi connectivity index (χ0) is 16.7. The highest BCUT2D eigenvalue weighted by atomic mass is 16.1. The Labute approximate surface area is 135 Å². The predicted octanol–water partition coefficient (Wildman–Crippen LogP) is 2.68. The van der Waals surface area contributed by atoms with E-state index in [1.807, 2.05) is 19.1 Å². The lowest BCUT2D eigenvalue weighted by Crippen LogP contribution is -2.37. The number of hydrogen-bond acceptors (Lipinski definition) is 4. The van der Waals surface area contributed by atoms with Crippen LogP contribution >= 0.6 is 0 Å². The molecule has 2 heterocycles. The van der Waals surface area contributed by atoms with Crippen LogP contribution in [0.25, 0.3) is 10.9 Å². The van der Waals surface area contributed by atoms with Crippen molar-refractivity contribution >= 4 is 22.6 Å². The van der Waals surface area contributed by atoms with Crippen molar-refractivity contribution < 1.29 is 4.79 Å². The van der Waals surface area contributed by atoms with E-state index in [2.05, 4.69) is 11.8 Å². The summed E-state index contributed by atoms with van der Waals surface area (Å²) < 4.78 is 1.61. The van der Waals surface area contributed by atoms with Crippen LogP contribution in [-0.4, -0.2) is 28.4 Å². The van der Waals surface area contributed by atoms with Gasteiger partial charge in [0, 0.05) is 25.7 Å². The van der Waals surface area contributed by atoms with E-state index in [0.717, 1.165) is 31.5 Å². The summed E-state index contributed by atoms with van der Waals surface area (Å²) >= 11 is 0. The number of nitrogens with zero attached hydrogens (tertiary/aromatic N) is 3. The molecule has 1 saturated heterocycles. The van der Waals surface area contributed by atoms with Gasteiger partial charge in [-0.2, -0.15) is 0 Å². The molecule has 0 spiro atoms. The van der Waals surface area contributed by atoms with Crippen LogP contribution in [0.5, 0.6) is 0 Å². The summed E-state index contributed by atoms with van der Waals surface area (Å²) in [6.45, 7) is 7.46. The predicted molar refractivity (Wildman–Crippen MR) is 92.3 cm³/mol. The second kappa shape index (κ2) is 5.80. The fourth-order valence-electron chi connectivity index (χ4n) is 3.27. The third kappa shape index (κ3) is 2.76. The number of hydrogen-bond donors (Lipinski definition) is 0. The van der Waals surface area contributed by atoms with Crippen molar-refractivity contribution in [2.45, 2.75) is 33.6 Å². The lowest BCUT2D eigenvalue weighted by atomic mass is 9.99. The molecule has 0 atom stereocenters. The molecule has 0 bridgehead atoms. The molecule has 23 heavy (non-hydrogen) atoms. The first-order valence-corrected chi connectivity index (χ1v) is 8.15. The first-order chi connectivity index (χ1) is 10.9. The van der Waals surface area contributed by atoms with Crippen molar-refractivity contribution in [1.82, 2.24) is 9.55 Å². The molecule has 1 aliphatic rings. The zero-order valence-electron chi connectivity index (χ0n) is 14.2. The number of rotatable bonds is 2. The molecule has 122 valence electrons. The molecule has 2 aromatic rings. The van der Waals surface area contributed by atoms with Crippen LogP contribution in [-0.2, 0) is 7.05 Å². The third-order valence-corrected chi connectivity index (χ3v) is 4.75. The van der Waals surface area contributed by atoms with Crippen molar-refractivity contribution in [2.24, 2.45) is 13.0 Å². The SMILES string of the molecule is CC(=O)c1cc(C)cc2c(=O)n(C)c(N3CCC(C)CC3)nc12. The van der Waals surface area contributed by atoms with E-state index in [0.29, 0.717) is 28.3 Å². The minimum absolute atomic E-state index is 0.0577. The first kappa shape index (κ1) is 15.7. The third-order valence-electron chi connectivity index (χ3n) is 4.75. The van der Waals surface area contributed by atoms with Gasteiger partial charge in [0.15, 0.2) is 5.78 Å². The van der Waals surface area contributed by atoms with Gasteiger partial charge in [0.05, 0.1) is 10.9 Å². The molecule has 0 aliphatic carbocycles. The van der Waals surface area contributed by atoms with Crippen LogP contribution in [0.1, 0.15) is 42.6 Å². The van der Waals surface area contributed by atoms with Gasteiger partial charge in [-0.3, -0.25) is 14.2 Å². The van der Waals surface area contributed by atoms with Gasteiger partial charge in [-0.1, -0.05) is 6.92 Å². The fourth-order valence-corrected chi connectivity index (χ4v) is 3.27. The molecule has 1 aromatic heterocycles. The summed E-state index contributed by atoms with van der Waals surface area (Å²) in [5.74, 6) is 1.32. The number of fused-ring (bicyclic) bond motifs is 1. The highest BCUT2D eigenvalue weighted by Crippen LogP contribution is 2.24. The van der Waals surface area contributed by atoms with Crippen LogP contribution in [0.2, 0.25) is 0 Å². The number of ketones is 1. The Bertz CT molecular complexity index is 830. The molecule has 1 fully saturated rings. The number of Topliss-reactive ketones (excluding diaryl/α,β-unsaturated/α-hetero) is 1. The van der Waals surface area contributed by atoms with E-state index in [9.17, 15) is 9.59 Å². The largest absolute Gasteiger partial charge is 0.342 e. The van der Waals surface area contributed by atoms with Gasteiger partial charge >= 0.3 is 0 Å². The molecule has 5 nitrogen and oxygen atoms in total. The number of carbonyl (C=O) groups excluding carboxylic acids is 1. The van der Waals surface area contributed by atoms with E-state index in [4.69, 9.17) is 4.98 Å². The van der Waals surface area contributed by atoms with E-state index >= 15 is 0 Å². The number of anilines is 1. The lowest BCUT2D eigenvalue weighted by molar-refractivity contribution is 0.101. The topological polar surface area (TPSA) is 55.2 Å². The number of piperidine rings is 1. The summed E-state index contributed by atoms with van der Waals surface area (Å²) in [5, 5.41) is 0.520. The summed E-state index contributed by atoms with van der Waals surface area (Å²) in [6.07, 6.45) is 2.20. The van der Waals surface area contributed by atoms with Gasteiger partial charge in [-0.05, 0) is 50.3 Å². The summed E-state index contributed by atoms with van der Waals surface area (Å²) in [5.41, 5.74) is 1.88. The van der Waals surface area contributed by atoms with Crippen molar-refractivity contribution in [3.8, 4) is 0 Å². The van der Waals surface area contributed by atoms with E-state index in [-0.39, 0.29) is 11.3 Å². The molecule has 0 unspecified atom stereocenters. The summed E-state index contributed by atoms with van der Waals surface area (Å²) in [6, 6.07) is 3.64. The van der Waals surface area contributed by atoms with E-state index in [1.54, 1.807) is 11.6 Å². The average Bonchev–Trinajstić information content (AvgIpc) is 2.51. The highest BCUT2D eigenvalue weighted by Gasteiger charge is 2.22. The molecule has 0 saturated carbocycles. The maximum atomic E-state index is 12.8. The molecular weight excluding hydrogens is 290 g/mol. The van der Waals surface area contributed by atoms with Gasteiger partial charge in [0.2, 0.25) is 5.95 Å². The molecular formula is C18H23N3O2. The zero-order valence-corrected chi connectivity index (χ0v) is 14.2. The van der Waals surface area contributed by atoms with Gasteiger partial charge in [0.25, 0.3) is 5.56 Å². The van der Waals surface area contributed by atoms with E-state index in [1.165, 1.54) is 6.92 Å². The molecule has 3 rings (SSSR count). The van der Waals surface area contributed by atoms with Crippen molar-refractivity contribution in [3.05, 3.63) is 33.6 Å². The lowest BCUT2D eigenvalue weighted by Gasteiger charge is -2.32. The van der Waals surface area contributed by atoms with Gasteiger partial charge < -0.3 is 4.90 Å². The molecule has 0 amide bonds. The number of aromatic nitrogens is 2. The molecule has 1 aromatic carbocycles. The quantitative estimate of drug-likeness (QED) is 0.800. The molecule has 5 heteroatoms. The number of aryl methyl sites for hydroxylation is 1. The van der Waals surface area contributed by atoms with E-state index < -0.39 is 0 Å². The summed E-state index contributed by atoms with van der Waals surface area (Å²) in [4.78, 5) is 31.6. The van der Waals surface area contributed by atoms with Crippen LogP contribution in [0.3, 0.4) is 0 Å². The van der Waals surface area contributed by atoms with Crippen molar-refractivity contribution in [1.29, 1.82) is 0 Å². The Kier molecular flexibility index (Phi) is 3.96. The highest BCUT2D eigenvalue weighted by molar-refractivity contribution is 6.05. The number of benzene rings is 1. The monoisotopic (exact) mass is 313 g/mol. The van der Waals surface area contributed by atoms with Crippen molar-refractivity contribution in [3.63, 3.8) is 0 Å². The van der Waals surface area contributed by atoms with Crippen LogP contribution in [0.15, 0.2) is 16.9 Å². The van der Waals surface area contributed by atoms with Crippen LogP contribution in [0.4, 0.5) is 5.95 Å². The number of carbonyl (C=O) groups is 1. The Balaban J connectivity index is 2.23. The van der Waals surface area contributed by atoms with Gasteiger partial charge in [-0.25, -0.2) is 4.98 Å². The van der Waals surface area contributed by atoms with Crippen LogP contribution < -0.4 is 10.5 Å². The maximum absolute atomic E-state index is 12.8. The maximum Gasteiger partial charge on any atom is 0.262 e. The Morgan fingerprint density at radius 1 is 1.26 bits per heavy atom. The molecule has 1 aliphatic heterocycles. The Morgan fingerprint density at radius 3 is 2.52 bits per heavy atom. The smallest absolute Gasteiger partial charge is 0.262 e. The summed E-state index contributed by atoms with van der Waals surface area (Å²) in [7, 11) is 1.76. The standard InChI is InChI=1S/C18H23N3O2/c1-11-5-7-21(8-6-11)18-19-16-14(13(3)22)9-12(2)10-15(16)17(23)20(18)4/h9-11H,5-8H2,1-4H3. The van der Waals surface area contributed by atoms with Crippen LogP contribution in [0, 0.1) is 12.8 Å². The minimum atomic E-state index is -0.0881. The van der Waals surface area contributed by atoms with Crippen molar-refractivity contribution in [2.75, 3.05) is 18.0 Å². The van der Waals surface area contributed by atoms with Gasteiger partial charge in [0.1, 0.15) is 0 Å². The molecule has 0 radical (unpaired) electrons. The average molecular weight is 313 g/mol. The Hall–Kier alpha value is -2.17. The second-order valence-electron chi connectivity index (χ2n) is 6.71. The molecule has 0 N–H and O–H groups in total. The second-order valence-corrected chi connectivity index (χ2v) is 6.71. The Morgan fingerprint density at radius 2 is 1.91 bits per heavy atom. The van der Waals surface area contributed by atoms with Gasteiger partial charge in [-0.15, -0.1) is 0 Å². The minimum Gasteiger partial charge on any atom is -0.342 e. The fraction of sp³-hybridized carbons (Fsp3) is 0.500.